The summed E-state index contributed by atoms with van der Waals surface area (Å²) in [6.07, 6.45) is 3.70. The first-order valence-electron chi connectivity index (χ1n) is 9.61. The lowest BCUT2D eigenvalue weighted by Gasteiger charge is -2.35. The molecule has 142 valence electrons. The van der Waals surface area contributed by atoms with Gasteiger partial charge in [0.05, 0.1) is 11.3 Å². The molecule has 0 aliphatic carbocycles. The minimum Gasteiger partial charge on any atom is -0.355 e. The minimum atomic E-state index is 0.0834. The molecule has 2 heterocycles. The average molecular weight is 372 g/mol. The van der Waals surface area contributed by atoms with Crippen LogP contribution in [-0.2, 0) is 6.54 Å². The predicted octanol–water partition coefficient (Wildman–Crippen LogP) is 3.78. The number of pyridine rings is 1. The van der Waals surface area contributed by atoms with Crippen LogP contribution < -0.4 is 5.32 Å². The summed E-state index contributed by atoms with van der Waals surface area (Å²) in [4.78, 5) is 21.6. The first kappa shape index (κ1) is 18.2. The fourth-order valence-corrected chi connectivity index (χ4v) is 3.48. The van der Waals surface area contributed by atoms with Gasteiger partial charge in [0.25, 0.3) is 5.91 Å². The summed E-state index contributed by atoms with van der Waals surface area (Å²) in [5.74, 6) is 0.0834. The van der Waals surface area contributed by atoms with Crippen molar-refractivity contribution in [2.24, 2.45) is 0 Å². The summed E-state index contributed by atoms with van der Waals surface area (Å²) in [7, 11) is 0. The number of nitrogens with zero attached hydrogens (tertiary/aromatic N) is 3. The van der Waals surface area contributed by atoms with Crippen molar-refractivity contribution in [1.82, 2.24) is 14.8 Å². The summed E-state index contributed by atoms with van der Waals surface area (Å²) in [5.41, 5.74) is 3.74. The molecule has 4 rings (SSSR count). The summed E-state index contributed by atoms with van der Waals surface area (Å²) in [5, 5.41) is 3.37. The number of anilines is 2. The number of rotatable bonds is 5. The van der Waals surface area contributed by atoms with Gasteiger partial charge in [0.1, 0.15) is 0 Å². The highest BCUT2D eigenvalue weighted by molar-refractivity contribution is 6.00. The van der Waals surface area contributed by atoms with Crippen molar-refractivity contribution in [3.63, 3.8) is 0 Å². The molecule has 0 saturated carbocycles. The lowest BCUT2D eigenvalue weighted by Crippen LogP contribution is -2.48. The SMILES string of the molecule is O=C(c1ccccc1Nc1ccccc1)N1CCN(Cc2cccnc2)CC1. The van der Waals surface area contributed by atoms with Gasteiger partial charge < -0.3 is 10.2 Å². The third-order valence-electron chi connectivity index (χ3n) is 5.00. The molecular formula is C23H24N4O. The van der Waals surface area contributed by atoms with Crippen molar-refractivity contribution in [3.8, 4) is 0 Å². The Bertz CT molecular complexity index is 906. The summed E-state index contributed by atoms with van der Waals surface area (Å²) in [6, 6.07) is 21.7. The van der Waals surface area contributed by atoms with E-state index in [1.807, 2.05) is 71.8 Å². The van der Waals surface area contributed by atoms with E-state index in [9.17, 15) is 4.79 Å². The van der Waals surface area contributed by atoms with E-state index in [4.69, 9.17) is 0 Å². The van der Waals surface area contributed by atoms with Gasteiger partial charge in [-0.3, -0.25) is 14.7 Å². The molecule has 1 aliphatic rings. The number of para-hydroxylation sites is 2. The monoisotopic (exact) mass is 372 g/mol. The van der Waals surface area contributed by atoms with E-state index < -0.39 is 0 Å². The molecule has 0 spiro atoms. The number of hydrogen-bond donors (Lipinski definition) is 1. The van der Waals surface area contributed by atoms with Crippen molar-refractivity contribution in [2.75, 3.05) is 31.5 Å². The highest BCUT2D eigenvalue weighted by Crippen LogP contribution is 2.22. The molecule has 1 saturated heterocycles. The van der Waals surface area contributed by atoms with Crippen molar-refractivity contribution in [3.05, 3.63) is 90.3 Å². The number of aromatic nitrogens is 1. The standard InChI is InChI=1S/C23H24N4O/c28-23(21-10-4-5-11-22(21)25-20-8-2-1-3-9-20)27-15-13-26(14-16-27)18-19-7-6-12-24-17-19/h1-12,17,25H,13-16,18H2. The summed E-state index contributed by atoms with van der Waals surface area (Å²) >= 11 is 0. The molecule has 1 aromatic heterocycles. The molecule has 1 N–H and O–H groups in total. The zero-order valence-corrected chi connectivity index (χ0v) is 15.8. The van der Waals surface area contributed by atoms with Gasteiger partial charge >= 0.3 is 0 Å². The summed E-state index contributed by atoms with van der Waals surface area (Å²) < 4.78 is 0. The molecule has 1 aliphatic heterocycles. The maximum Gasteiger partial charge on any atom is 0.256 e. The van der Waals surface area contributed by atoms with Gasteiger partial charge in [-0.2, -0.15) is 0 Å². The van der Waals surface area contributed by atoms with Gasteiger partial charge in [-0.15, -0.1) is 0 Å². The summed E-state index contributed by atoms with van der Waals surface area (Å²) in [6.45, 7) is 4.09. The average Bonchev–Trinajstić information content (AvgIpc) is 2.76. The topological polar surface area (TPSA) is 48.5 Å². The normalized spacial score (nSPS) is 14.6. The van der Waals surface area contributed by atoms with Gasteiger partial charge in [0.15, 0.2) is 0 Å². The second-order valence-corrected chi connectivity index (χ2v) is 6.97. The fraction of sp³-hybridized carbons (Fsp3) is 0.217. The van der Waals surface area contributed by atoms with Crippen LogP contribution in [0.25, 0.3) is 0 Å². The Balaban J connectivity index is 1.40. The molecule has 28 heavy (non-hydrogen) atoms. The van der Waals surface area contributed by atoms with E-state index in [1.165, 1.54) is 5.56 Å². The van der Waals surface area contributed by atoms with E-state index in [0.717, 1.165) is 44.1 Å². The quantitative estimate of drug-likeness (QED) is 0.740. The van der Waals surface area contributed by atoms with Crippen LogP contribution >= 0.6 is 0 Å². The van der Waals surface area contributed by atoms with Crippen molar-refractivity contribution in [2.45, 2.75) is 6.54 Å². The highest BCUT2D eigenvalue weighted by Gasteiger charge is 2.23. The molecular weight excluding hydrogens is 348 g/mol. The van der Waals surface area contributed by atoms with Crippen LogP contribution in [0.15, 0.2) is 79.1 Å². The van der Waals surface area contributed by atoms with E-state index in [-0.39, 0.29) is 5.91 Å². The Hall–Kier alpha value is -3.18. The Morgan fingerprint density at radius 3 is 2.39 bits per heavy atom. The lowest BCUT2D eigenvalue weighted by molar-refractivity contribution is 0.0629. The fourth-order valence-electron chi connectivity index (χ4n) is 3.48. The van der Waals surface area contributed by atoms with Crippen LogP contribution in [0.2, 0.25) is 0 Å². The molecule has 0 radical (unpaired) electrons. The second-order valence-electron chi connectivity index (χ2n) is 6.97. The minimum absolute atomic E-state index is 0.0834. The van der Waals surface area contributed by atoms with Crippen molar-refractivity contribution < 1.29 is 4.79 Å². The van der Waals surface area contributed by atoms with Crippen molar-refractivity contribution >= 4 is 17.3 Å². The van der Waals surface area contributed by atoms with Gasteiger partial charge in [-0.05, 0) is 35.9 Å². The van der Waals surface area contributed by atoms with E-state index in [2.05, 4.69) is 21.3 Å². The molecule has 1 amide bonds. The maximum atomic E-state index is 13.1. The maximum absolute atomic E-state index is 13.1. The molecule has 5 heteroatoms. The molecule has 1 fully saturated rings. The van der Waals surface area contributed by atoms with E-state index in [1.54, 1.807) is 6.20 Å². The Morgan fingerprint density at radius 1 is 0.893 bits per heavy atom. The zero-order chi connectivity index (χ0) is 19.2. The number of carbonyl (C=O) groups excluding carboxylic acids is 1. The second kappa shape index (κ2) is 8.67. The molecule has 0 unspecified atom stereocenters. The van der Waals surface area contributed by atoms with Crippen LogP contribution in [0.5, 0.6) is 0 Å². The van der Waals surface area contributed by atoms with Gasteiger partial charge in [-0.25, -0.2) is 0 Å². The first-order valence-corrected chi connectivity index (χ1v) is 9.61. The highest BCUT2D eigenvalue weighted by atomic mass is 16.2. The number of carbonyl (C=O) groups is 1. The van der Waals surface area contributed by atoms with Crippen LogP contribution in [0.4, 0.5) is 11.4 Å². The van der Waals surface area contributed by atoms with Crippen molar-refractivity contribution in [1.29, 1.82) is 0 Å². The number of amides is 1. The molecule has 2 aromatic carbocycles. The Kier molecular flexibility index (Phi) is 5.64. The number of nitrogens with one attached hydrogen (secondary N) is 1. The molecule has 5 nitrogen and oxygen atoms in total. The van der Waals surface area contributed by atoms with Crippen LogP contribution in [-0.4, -0.2) is 46.9 Å². The lowest BCUT2D eigenvalue weighted by atomic mass is 10.1. The molecule has 0 atom stereocenters. The Labute approximate surface area is 165 Å². The third-order valence-corrected chi connectivity index (χ3v) is 5.00. The predicted molar refractivity (Wildman–Crippen MR) is 112 cm³/mol. The first-order chi connectivity index (χ1) is 13.8. The number of piperazine rings is 1. The third kappa shape index (κ3) is 4.38. The van der Waals surface area contributed by atoms with E-state index in [0.29, 0.717) is 5.56 Å². The van der Waals surface area contributed by atoms with Gasteiger partial charge in [-0.1, -0.05) is 36.4 Å². The van der Waals surface area contributed by atoms with E-state index >= 15 is 0 Å². The molecule has 0 bridgehead atoms. The van der Waals surface area contributed by atoms with Gasteiger partial charge in [0, 0.05) is 50.8 Å². The largest absolute Gasteiger partial charge is 0.355 e. The number of benzene rings is 2. The zero-order valence-electron chi connectivity index (χ0n) is 15.8. The van der Waals surface area contributed by atoms with Crippen LogP contribution in [0, 0.1) is 0 Å². The Morgan fingerprint density at radius 2 is 1.64 bits per heavy atom. The number of hydrogen-bond acceptors (Lipinski definition) is 4. The van der Waals surface area contributed by atoms with Gasteiger partial charge in [0.2, 0.25) is 0 Å². The molecule has 3 aromatic rings. The smallest absolute Gasteiger partial charge is 0.256 e. The van der Waals surface area contributed by atoms with Crippen LogP contribution in [0.1, 0.15) is 15.9 Å². The van der Waals surface area contributed by atoms with Crippen LogP contribution in [0.3, 0.4) is 0 Å².